The summed E-state index contributed by atoms with van der Waals surface area (Å²) in [6.07, 6.45) is 10.5. The van der Waals surface area contributed by atoms with Crippen LogP contribution in [0.15, 0.2) is 0 Å². The maximum atomic E-state index is 5.76. The van der Waals surface area contributed by atoms with Gasteiger partial charge in [-0.1, -0.05) is 12.8 Å². The molecular weight excluding hydrogens is 146 g/mol. The van der Waals surface area contributed by atoms with Crippen LogP contribution < -0.4 is 5.73 Å². The van der Waals surface area contributed by atoms with Crippen LogP contribution >= 0.6 is 0 Å². The van der Waals surface area contributed by atoms with E-state index in [4.69, 9.17) is 5.73 Å². The van der Waals surface area contributed by atoms with Crippen molar-refractivity contribution >= 4 is 0 Å². The van der Waals surface area contributed by atoms with E-state index in [2.05, 4.69) is 0 Å². The zero-order valence-corrected chi connectivity index (χ0v) is 7.81. The smallest absolute Gasteiger partial charge is 0.00199 e. The summed E-state index contributed by atoms with van der Waals surface area (Å²) in [5.41, 5.74) is 7.25. The SMILES string of the molecule is NCC12CC(C3CCCC3)(C1)C2. The fourth-order valence-electron chi connectivity index (χ4n) is 4.27. The molecule has 0 radical (unpaired) electrons. The fourth-order valence-corrected chi connectivity index (χ4v) is 4.27. The summed E-state index contributed by atoms with van der Waals surface area (Å²) in [5, 5.41) is 0. The largest absolute Gasteiger partial charge is 0.330 e. The highest BCUT2D eigenvalue weighted by Gasteiger charge is 2.68. The summed E-state index contributed by atoms with van der Waals surface area (Å²) < 4.78 is 0. The first-order valence-corrected chi connectivity index (χ1v) is 5.49. The highest BCUT2D eigenvalue weighted by molar-refractivity contribution is 5.19. The number of nitrogens with two attached hydrogens (primary N) is 1. The highest BCUT2D eigenvalue weighted by atomic mass is 14.8. The second-order valence-electron chi connectivity index (χ2n) is 5.58. The Labute approximate surface area is 74.7 Å². The molecule has 0 aromatic carbocycles. The van der Waals surface area contributed by atoms with Gasteiger partial charge in [0.1, 0.15) is 0 Å². The van der Waals surface area contributed by atoms with Crippen molar-refractivity contribution in [2.24, 2.45) is 22.5 Å². The molecule has 0 aromatic rings. The van der Waals surface area contributed by atoms with Crippen molar-refractivity contribution in [3.8, 4) is 0 Å². The normalized spacial score (nSPS) is 51.8. The molecule has 0 saturated heterocycles. The molecule has 0 heterocycles. The highest BCUT2D eigenvalue weighted by Crippen LogP contribution is 2.77. The maximum absolute atomic E-state index is 5.76. The van der Waals surface area contributed by atoms with Crippen LogP contribution in [0.3, 0.4) is 0 Å². The minimum Gasteiger partial charge on any atom is -0.330 e. The first-order chi connectivity index (χ1) is 5.79. The molecule has 0 aromatic heterocycles. The molecule has 0 aliphatic heterocycles. The van der Waals surface area contributed by atoms with E-state index in [-0.39, 0.29) is 0 Å². The Morgan fingerprint density at radius 2 is 1.67 bits per heavy atom. The van der Waals surface area contributed by atoms with E-state index in [1.165, 1.54) is 44.9 Å². The van der Waals surface area contributed by atoms with E-state index < -0.39 is 0 Å². The molecule has 0 spiro atoms. The minimum atomic E-state index is 0.655. The van der Waals surface area contributed by atoms with E-state index in [9.17, 15) is 0 Å². The van der Waals surface area contributed by atoms with Gasteiger partial charge >= 0.3 is 0 Å². The third-order valence-electron chi connectivity index (χ3n) is 4.84. The lowest BCUT2D eigenvalue weighted by Crippen LogP contribution is -2.67. The summed E-state index contributed by atoms with van der Waals surface area (Å²) >= 11 is 0. The molecule has 0 atom stereocenters. The van der Waals surface area contributed by atoms with Crippen molar-refractivity contribution in [2.45, 2.75) is 44.9 Å². The molecule has 12 heavy (non-hydrogen) atoms. The van der Waals surface area contributed by atoms with Crippen molar-refractivity contribution in [3.05, 3.63) is 0 Å². The van der Waals surface area contributed by atoms with Crippen LogP contribution in [0.4, 0.5) is 0 Å². The average molecular weight is 165 g/mol. The first kappa shape index (κ1) is 7.37. The number of hydrogen-bond acceptors (Lipinski definition) is 1. The monoisotopic (exact) mass is 165 g/mol. The molecule has 4 saturated carbocycles. The summed E-state index contributed by atoms with van der Waals surface area (Å²) in [6.45, 7) is 0.960. The molecule has 0 amide bonds. The van der Waals surface area contributed by atoms with Crippen LogP contribution in [0.5, 0.6) is 0 Å². The molecule has 4 fully saturated rings. The van der Waals surface area contributed by atoms with Gasteiger partial charge in [-0.3, -0.25) is 0 Å². The van der Waals surface area contributed by atoms with Gasteiger partial charge in [0.05, 0.1) is 0 Å². The molecular formula is C11H19N. The summed E-state index contributed by atoms with van der Waals surface area (Å²) in [5.74, 6) is 1.10. The molecule has 4 aliphatic carbocycles. The maximum Gasteiger partial charge on any atom is -0.00199 e. The Kier molecular flexibility index (Phi) is 1.27. The Morgan fingerprint density at radius 3 is 2.17 bits per heavy atom. The van der Waals surface area contributed by atoms with Gasteiger partial charge in [0.15, 0.2) is 0 Å². The van der Waals surface area contributed by atoms with Gasteiger partial charge in [-0.25, -0.2) is 0 Å². The molecule has 4 aliphatic rings. The molecule has 68 valence electrons. The molecule has 1 heteroatoms. The van der Waals surface area contributed by atoms with Gasteiger partial charge in [0.25, 0.3) is 0 Å². The quantitative estimate of drug-likeness (QED) is 0.667. The van der Waals surface area contributed by atoms with Gasteiger partial charge in [0, 0.05) is 0 Å². The molecule has 0 unspecified atom stereocenters. The standard InChI is InChI=1S/C11H19N/c12-8-10-5-11(6-10,7-10)9-3-1-2-4-9/h9H,1-8,12H2. The number of rotatable bonds is 2. The zero-order chi connectivity index (χ0) is 8.23. The second kappa shape index (κ2) is 2.06. The Morgan fingerprint density at radius 1 is 1.08 bits per heavy atom. The summed E-state index contributed by atoms with van der Waals surface area (Å²) in [7, 11) is 0. The van der Waals surface area contributed by atoms with E-state index in [0.29, 0.717) is 5.41 Å². The minimum absolute atomic E-state index is 0.655. The topological polar surface area (TPSA) is 26.0 Å². The first-order valence-electron chi connectivity index (χ1n) is 5.49. The average Bonchev–Trinajstić information content (AvgIpc) is 2.35. The molecule has 2 N–H and O–H groups in total. The third kappa shape index (κ3) is 0.693. The van der Waals surface area contributed by atoms with Crippen LogP contribution in [-0.4, -0.2) is 6.54 Å². The van der Waals surface area contributed by atoms with Crippen molar-refractivity contribution in [3.63, 3.8) is 0 Å². The Bertz CT molecular complexity index is 183. The van der Waals surface area contributed by atoms with Gasteiger partial charge in [-0.05, 0) is 55.4 Å². The fraction of sp³-hybridized carbons (Fsp3) is 1.00. The van der Waals surface area contributed by atoms with Crippen LogP contribution in [0.25, 0.3) is 0 Å². The molecule has 2 bridgehead atoms. The lowest BCUT2D eigenvalue weighted by molar-refractivity contribution is -0.228. The van der Waals surface area contributed by atoms with Gasteiger partial charge in [0.2, 0.25) is 0 Å². The van der Waals surface area contributed by atoms with Crippen molar-refractivity contribution in [1.29, 1.82) is 0 Å². The Balaban J connectivity index is 1.67. The predicted molar refractivity (Wildman–Crippen MR) is 49.7 cm³/mol. The van der Waals surface area contributed by atoms with Gasteiger partial charge in [-0.2, -0.15) is 0 Å². The van der Waals surface area contributed by atoms with Crippen LogP contribution in [0.2, 0.25) is 0 Å². The van der Waals surface area contributed by atoms with Crippen LogP contribution in [-0.2, 0) is 0 Å². The van der Waals surface area contributed by atoms with Gasteiger partial charge < -0.3 is 5.73 Å². The zero-order valence-electron chi connectivity index (χ0n) is 7.81. The van der Waals surface area contributed by atoms with E-state index in [0.717, 1.165) is 17.9 Å². The summed E-state index contributed by atoms with van der Waals surface area (Å²) in [4.78, 5) is 0. The lowest BCUT2D eigenvalue weighted by Gasteiger charge is -2.73. The Hall–Kier alpha value is -0.0400. The van der Waals surface area contributed by atoms with Crippen molar-refractivity contribution in [1.82, 2.24) is 0 Å². The van der Waals surface area contributed by atoms with Crippen molar-refractivity contribution < 1.29 is 0 Å². The second-order valence-corrected chi connectivity index (χ2v) is 5.58. The molecule has 1 nitrogen and oxygen atoms in total. The number of hydrogen-bond donors (Lipinski definition) is 1. The van der Waals surface area contributed by atoms with E-state index in [1.807, 2.05) is 0 Å². The molecule has 4 rings (SSSR count). The van der Waals surface area contributed by atoms with E-state index in [1.54, 1.807) is 0 Å². The van der Waals surface area contributed by atoms with Crippen molar-refractivity contribution in [2.75, 3.05) is 6.54 Å². The summed E-state index contributed by atoms with van der Waals surface area (Å²) in [6, 6.07) is 0. The lowest BCUT2D eigenvalue weighted by atomic mass is 9.32. The van der Waals surface area contributed by atoms with Crippen LogP contribution in [0.1, 0.15) is 44.9 Å². The predicted octanol–water partition coefficient (Wildman–Crippen LogP) is 2.31. The van der Waals surface area contributed by atoms with Crippen LogP contribution in [0, 0.1) is 16.7 Å². The van der Waals surface area contributed by atoms with E-state index >= 15 is 0 Å². The third-order valence-corrected chi connectivity index (χ3v) is 4.84. The van der Waals surface area contributed by atoms with Gasteiger partial charge in [-0.15, -0.1) is 0 Å².